The lowest BCUT2D eigenvalue weighted by molar-refractivity contribution is -0.143. The average molecular weight is 342 g/mol. The Morgan fingerprint density at radius 2 is 1.96 bits per heavy atom. The highest BCUT2D eigenvalue weighted by atomic mass is 16.4. The van der Waals surface area contributed by atoms with Crippen LogP contribution in [0, 0.1) is 18.8 Å². The van der Waals surface area contributed by atoms with Crippen molar-refractivity contribution in [2.24, 2.45) is 11.8 Å². The van der Waals surface area contributed by atoms with Crippen molar-refractivity contribution in [3.63, 3.8) is 0 Å². The number of hydrogen-bond acceptors (Lipinski definition) is 3. The number of nitrogens with one attached hydrogen (secondary N) is 1. The van der Waals surface area contributed by atoms with Gasteiger partial charge >= 0.3 is 12.0 Å². The van der Waals surface area contributed by atoms with E-state index in [0.717, 1.165) is 11.4 Å². The van der Waals surface area contributed by atoms with E-state index in [0.29, 0.717) is 18.7 Å². The number of para-hydroxylation sites is 1. The summed E-state index contributed by atoms with van der Waals surface area (Å²) in [5.74, 6) is -1.20. The monoisotopic (exact) mass is 342 g/mol. The SMILES string of the molecule is Cc1c(NC(=O)N2CC(C)CC(C(=O)O)C2)cnn1-c1ccccc1. The third-order valence-electron chi connectivity index (χ3n) is 4.55. The summed E-state index contributed by atoms with van der Waals surface area (Å²) in [6, 6.07) is 9.38. The van der Waals surface area contributed by atoms with E-state index < -0.39 is 11.9 Å². The van der Waals surface area contributed by atoms with E-state index in [-0.39, 0.29) is 18.5 Å². The van der Waals surface area contributed by atoms with Crippen molar-refractivity contribution < 1.29 is 14.7 Å². The summed E-state index contributed by atoms with van der Waals surface area (Å²) in [6.45, 7) is 4.64. The van der Waals surface area contributed by atoms with Gasteiger partial charge in [-0.15, -0.1) is 0 Å². The fourth-order valence-electron chi connectivity index (χ4n) is 3.25. The zero-order valence-corrected chi connectivity index (χ0v) is 14.3. The molecule has 1 aliphatic rings. The number of urea groups is 1. The highest BCUT2D eigenvalue weighted by Gasteiger charge is 2.32. The Balaban J connectivity index is 1.73. The van der Waals surface area contributed by atoms with Crippen LogP contribution in [0.4, 0.5) is 10.5 Å². The number of amides is 2. The quantitative estimate of drug-likeness (QED) is 0.898. The van der Waals surface area contributed by atoms with Crippen molar-refractivity contribution in [3.8, 4) is 5.69 Å². The minimum atomic E-state index is -0.850. The predicted molar refractivity (Wildman–Crippen MR) is 93.8 cm³/mol. The number of likely N-dealkylation sites (tertiary alicyclic amines) is 1. The molecule has 7 heteroatoms. The molecule has 2 atom stereocenters. The number of hydrogen-bond donors (Lipinski definition) is 2. The third kappa shape index (κ3) is 3.65. The number of aromatic nitrogens is 2. The smallest absolute Gasteiger partial charge is 0.321 e. The standard InChI is InChI=1S/C18H22N4O3/c1-12-8-14(17(23)24)11-21(10-12)18(25)20-16-9-19-22(13(16)2)15-6-4-3-5-7-15/h3-7,9,12,14H,8,10-11H2,1-2H3,(H,20,25)(H,23,24). The predicted octanol–water partition coefficient (Wildman–Crippen LogP) is 2.76. The maximum absolute atomic E-state index is 12.6. The molecule has 2 aromatic rings. The molecule has 0 bridgehead atoms. The minimum absolute atomic E-state index is 0.161. The van der Waals surface area contributed by atoms with E-state index >= 15 is 0 Å². The summed E-state index contributed by atoms with van der Waals surface area (Å²) in [7, 11) is 0. The molecule has 0 saturated carbocycles. The fourth-order valence-corrected chi connectivity index (χ4v) is 3.25. The molecule has 132 valence electrons. The average Bonchev–Trinajstić information content (AvgIpc) is 2.95. The Morgan fingerprint density at radius 3 is 2.64 bits per heavy atom. The van der Waals surface area contributed by atoms with Crippen LogP contribution in [-0.4, -0.2) is 44.9 Å². The molecule has 3 rings (SSSR count). The van der Waals surface area contributed by atoms with Gasteiger partial charge in [0.05, 0.1) is 29.2 Å². The van der Waals surface area contributed by atoms with Gasteiger partial charge in [0.1, 0.15) is 0 Å². The van der Waals surface area contributed by atoms with Gasteiger partial charge in [0.25, 0.3) is 0 Å². The van der Waals surface area contributed by atoms with Gasteiger partial charge in [0.2, 0.25) is 0 Å². The Morgan fingerprint density at radius 1 is 1.24 bits per heavy atom. The molecule has 1 saturated heterocycles. The summed E-state index contributed by atoms with van der Waals surface area (Å²) in [6.07, 6.45) is 2.21. The molecule has 1 aromatic carbocycles. The van der Waals surface area contributed by atoms with E-state index in [1.165, 1.54) is 0 Å². The second kappa shape index (κ2) is 6.96. The van der Waals surface area contributed by atoms with Crippen LogP contribution < -0.4 is 5.32 Å². The highest BCUT2D eigenvalue weighted by Crippen LogP contribution is 2.24. The van der Waals surface area contributed by atoms with Gasteiger partial charge in [0.15, 0.2) is 0 Å². The Hall–Kier alpha value is -2.83. The van der Waals surface area contributed by atoms with Crippen LogP contribution in [0.25, 0.3) is 5.69 Å². The zero-order chi connectivity index (χ0) is 18.0. The summed E-state index contributed by atoms with van der Waals surface area (Å²) in [5.41, 5.74) is 2.36. The normalized spacial score (nSPS) is 20.3. The largest absolute Gasteiger partial charge is 0.481 e. The van der Waals surface area contributed by atoms with Gasteiger partial charge in [0, 0.05) is 13.1 Å². The Kier molecular flexibility index (Phi) is 4.74. The fraction of sp³-hybridized carbons (Fsp3) is 0.389. The number of aliphatic carboxylic acids is 1. The van der Waals surface area contributed by atoms with E-state index in [9.17, 15) is 14.7 Å². The second-order valence-corrected chi connectivity index (χ2v) is 6.60. The molecule has 1 aliphatic heterocycles. The summed E-state index contributed by atoms with van der Waals surface area (Å²) < 4.78 is 1.76. The van der Waals surface area contributed by atoms with Crippen molar-refractivity contribution in [2.75, 3.05) is 18.4 Å². The van der Waals surface area contributed by atoms with Crippen molar-refractivity contribution in [3.05, 3.63) is 42.2 Å². The first-order valence-corrected chi connectivity index (χ1v) is 8.34. The van der Waals surface area contributed by atoms with Crippen LogP contribution in [0.2, 0.25) is 0 Å². The van der Waals surface area contributed by atoms with Crippen LogP contribution >= 0.6 is 0 Å². The number of carboxylic acid groups (broad SMARTS) is 1. The first kappa shape index (κ1) is 17.0. The number of nitrogens with zero attached hydrogens (tertiary/aromatic N) is 3. The molecule has 1 aromatic heterocycles. The molecule has 2 N–H and O–H groups in total. The van der Waals surface area contributed by atoms with Gasteiger partial charge in [-0.3, -0.25) is 4.79 Å². The van der Waals surface area contributed by atoms with E-state index in [1.54, 1.807) is 15.8 Å². The van der Waals surface area contributed by atoms with Crippen LogP contribution in [-0.2, 0) is 4.79 Å². The molecule has 0 radical (unpaired) electrons. The number of benzene rings is 1. The minimum Gasteiger partial charge on any atom is -0.481 e. The molecular formula is C18H22N4O3. The number of anilines is 1. The van der Waals surface area contributed by atoms with Crippen molar-refractivity contribution >= 4 is 17.7 Å². The number of piperidine rings is 1. The molecule has 2 unspecified atom stereocenters. The molecule has 2 amide bonds. The van der Waals surface area contributed by atoms with Crippen molar-refractivity contribution in [1.29, 1.82) is 0 Å². The van der Waals surface area contributed by atoms with E-state index in [2.05, 4.69) is 10.4 Å². The topological polar surface area (TPSA) is 87.5 Å². The zero-order valence-electron chi connectivity index (χ0n) is 14.3. The number of carboxylic acids is 1. The van der Waals surface area contributed by atoms with Crippen molar-refractivity contribution in [1.82, 2.24) is 14.7 Å². The maximum Gasteiger partial charge on any atom is 0.321 e. The lowest BCUT2D eigenvalue weighted by Crippen LogP contribution is -2.47. The first-order chi connectivity index (χ1) is 12.0. The van der Waals surface area contributed by atoms with Gasteiger partial charge in [-0.25, -0.2) is 9.48 Å². The third-order valence-corrected chi connectivity index (χ3v) is 4.55. The summed E-state index contributed by atoms with van der Waals surface area (Å²) in [5, 5.41) is 16.4. The van der Waals surface area contributed by atoms with Gasteiger partial charge < -0.3 is 15.3 Å². The molecule has 7 nitrogen and oxygen atoms in total. The van der Waals surface area contributed by atoms with Crippen molar-refractivity contribution in [2.45, 2.75) is 20.3 Å². The molecule has 0 spiro atoms. The molecular weight excluding hydrogens is 320 g/mol. The highest BCUT2D eigenvalue weighted by molar-refractivity contribution is 5.90. The molecule has 1 fully saturated rings. The van der Waals surface area contributed by atoms with Crippen LogP contribution in [0.15, 0.2) is 36.5 Å². The van der Waals surface area contributed by atoms with Gasteiger partial charge in [-0.1, -0.05) is 25.1 Å². The number of rotatable bonds is 3. The lowest BCUT2D eigenvalue weighted by atomic mass is 9.91. The molecule has 2 heterocycles. The van der Waals surface area contributed by atoms with E-state index in [4.69, 9.17) is 0 Å². The number of carbonyl (C=O) groups excluding carboxylic acids is 1. The van der Waals surface area contributed by atoms with Crippen LogP contribution in [0.5, 0.6) is 0 Å². The number of carbonyl (C=O) groups is 2. The Bertz CT molecular complexity index is 772. The Labute approximate surface area is 146 Å². The van der Waals surface area contributed by atoms with Gasteiger partial charge in [-0.2, -0.15) is 5.10 Å². The summed E-state index contributed by atoms with van der Waals surface area (Å²) in [4.78, 5) is 25.4. The van der Waals surface area contributed by atoms with Gasteiger partial charge in [-0.05, 0) is 31.4 Å². The molecule has 0 aliphatic carbocycles. The maximum atomic E-state index is 12.6. The van der Waals surface area contributed by atoms with Crippen LogP contribution in [0.1, 0.15) is 19.0 Å². The van der Waals surface area contributed by atoms with E-state index in [1.807, 2.05) is 44.2 Å². The first-order valence-electron chi connectivity index (χ1n) is 8.34. The summed E-state index contributed by atoms with van der Waals surface area (Å²) >= 11 is 0. The van der Waals surface area contributed by atoms with Crippen LogP contribution in [0.3, 0.4) is 0 Å². The molecule has 25 heavy (non-hydrogen) atoms. The lowest BCUT2D eigenvalue weighted by Gasteiger charge is -2.34. The second-order valence-electron chi connectivity index (χ2n) is 6.60.